The van der Waals surface area contributed by atoms with Crippen molar-refractivity contribution in [3.63, 3.8) is 0 Å². The van der Waals surface area contributed by atoms with Crippen LogP contribution in [0.15, 0.2) is 24.3 Å². The highest BCUT2D eigenvalue weighted by Crippen LogP contribution is 2.34. The fraction of sp³-hybridized carbons (Fsp3) is 0.478. The number of esters is 1. The average molecular weight is 475 g/mol. The highest BCUT2D eigenvalue weighted by molar-refractivity contribution is 6.35. The van der Waals surface area contributed by atoms with E-state index in [-0.39, 0.29) is 18.2 Å². The number of H-pyrrole nitrogens is 1. The minimum Gasteiger partial charge on any atom is -0.467 e. The van der Waals surface area contributed by atoms with Gasteiger partial charge in [0.15, 0.2) is 0 Å². The zero-order valence-corrected chi connectivity index (χ0v) is 19.0. The first-order chi connectivity index (χ1) is 15.9. The van der Waals surface area contributed by atoms with E-state index in [0.29, 0.717) is 41.5 Å². The number of fused-ring (bicyclic) bond motifs is 1. The summed E-state index contributed by atoms with van der Waals surface area (Å²) in [6.45, 7) is 0.542. The minimum atomic E-state index is -0.971. The van der Waals surface area contributed by atoms with Crippen LogP contribution in [0.4, 0.5) is 0 Å². The van der Waals surface area contributed by atoms with Crippen LogP contribution in [0.3, 0.4) is 0 Å². The first kappa shape index (κ1) is 23.1. The molecule has 33 heavy (non-hydrogen) atoms. The Hall–Kier alpha value is -3.07. The molecule has 176 valence electrons. The van der Waals surface area contributed by atoms with E-state index in [1.807, 2.05) is 6.07 Å². The number of amides is 3. The van der Waals surface area contributed by atoms with Crippen molar-refractivity contribution in [1.82, 2.24) is 20.9 Å². The van der Waals surface area contributed by atoms with E-state index in [2.05, 4.69) is 20.9 Å². The molecule has 1 aromatic heterocycles. The molecular weight excluding hydrogens is 448 g/mol. The van der Waals surface area contributed by atoms with Gasteiger partial charge in [0.2, 0.25) is 11.8 Å². The monoisotopic (exact) mass is 474 g/mol. The fourth-order valence-corrected chi connectivity index (χ4v) is 4.41. The molecule has 1 aliphatic carbocycles. The summed E-state index contributed by atoms with van der Waals surface area (Å²) in [5.41, 5.74) is 0.937. The molecule has 9 nitrogen and oxygen atoms in total. The predicted molar refractivity (Wildman–Crippen MR) is 122 cm³/mol. The minimum absolute atomic E-state index is 0.140. The van der Waals surface area contributed by atoms with Gasteiger partial charge in [0.25, 0.3) is 5.91 Å². The van der Waals surface area contributed by atoms with E-state index in [1.165, 1.54) is 7.11 Å². The summed E-state index contributed by atoms with van der Waals surface area (Å²) < 4.78 is 4.84. The third-order valence-electron chi connectivity index (χ3n) is 6.22. The molecule has 2 unspecified atom stereocenters. The number of carbonyl (C=O) groups is 4. The van der Waals surface area contributed by atoms with Gasteiger partial charge in [-0.05, 0) is 37.3 Å². The Morgan fingerprint density at radius 1 is 1.15 bits per heavy atom. The standard InChI is InChI=1S/C23H27ClN4O5/c1-33-23(32)18(11-14-7-8-25-20(14)29)28-21(30)16(9-12-5-6-12)27-22(31)17-10-13-3-2-4-15(24)19(13)26-17/h2-4,10,12,14,16,18,26H,5-9,11H2,1H3,(H,25,29)(H,27,31)(H,28,30)/t14-,16?,18?/m0/s1. The van der Waals surface area contributed by atoms with Gasteiger partial charge in [-0.25, -0.2) is 4.79 Å². The number of hydrogen-bond donors (Lipinski definition) is 4. The molecule has 4 N–H and O–H groups in total. The van der Waals surface area contributed by atoms with E-state index in [4.69, 9.17) is 16.3 Å². The van der Waals surface area contributed by atoms with E-state index in [0.717, 1.165) is 18.2 Å². The summed E-state index contributed by atoms with van der Waals surface area (Å²) >= 11 is 6.19. The maximum absolute atomic E-state index is 13.1. The van der Waals surface area contributed by atoms with Gasteiger partial charge in [0.1, 0.15) is 17.8 Å². The first-order valence-corrected chi connectivity index (χ1v) is 11.5. The summed E-state index contributed by atoms with van der Waals surface area (Å²) in [4.78, 5) is 53.3. The molecular formula is C23H27ClN4O5. The van der Waals surface area contributed by atoms with Crippen LogP contribution in [0.5, 0.6) is 0 Å². The molecule has 3 amide bonds. The second kappa shape index (κ2) is 9.82. The number of benzene rings is 1. The molecule has 1 saturated carbocycles. The van der Waals surface area contributed by atoms with Crippen LogP contribution in [0.25, 0.3) is 10.9 Å². The number of ether oxygens (including phenoxy) is 1. The number of hydrogen-bond acceptors (Lipinski definition) is 5. The van der Waals surface area contributed by atoms with Gasteiger partial charge in [0.05, 0.1) is 17.6 Å². The number of nitrogens with one attached hydrogen (secondary N) is 4. The smallest absolute Gasteiger partial charge is 0.328 e. The SMILES string of the molecule is COC(=O)C(C[C@@H]1CCNC1=O)NC(=O)C(CC1CC1)NC(=O)c1cc2cccc(Cl)c2[nH]1. The Kier molecular flexibility index (Phi) is 6.88. The Balaban J connectivity index is 1.47. The largest absolute Gasteiger partial charge is 0.467 e. The molecule has 10 heteroatoms. The number of para-hydroxylation sites is 1. The molecule has 2 heterocycles. The van der Waals surface area contributed by atoms with Crippen molar-refractivity contribution < 1.29 is 23.9 Å². The summed E-state index contributed by atoms with van der Waals surface area (Å²) in [5, 5.41) is 9.51. The van der Waals surface area contributed by atoms with Crippen molar-refractivity contribution in [3.8, 4) is 0 Å². The van der Waals surface area contributed by atoms with Gasteiger partial charge < -0.3 is 25.7 Å². The van der Waals surface area contributed by atoms with Gasteiger partial charge in [-0.15, -0.1) is 0 Å². The van der Waals surface area contributed by atoms with Gasteiger partial charge >= 0.3 is 5.97 Å². The first-order valence-electron chi connectivity index (χ1n) is 11.1. The Labute approximate surface area is 195 Å². The normalized spacial score (nSPS) is 19.6. The average Bonchev–Trinajstić information content (AvgIpc) is 3.35. The highest BCUT2D eigenvalue weighted by atomic mass is 35.5. The van der Waals surface area contributed by atoms with E-state index in [9.17, 15) is 19.2 Å². The quantitative estimate of drug-likeness (QED) is 0.412. The molecule has 1 aromatic carbocycles. The lowest BCUT2D eigenvalue weighted by molar-refractivity contribution is -0.146. The summed E-state index contributed by atoms with van der Waals surface area (Å²) in [7, 11) is 1.24. The topological polar surface area (TPSA) is 129 Å². The molecule has 2 aliphatic rings. The molecule has 2 fully saturated rings. The lowest BCUT2D eigenvalue weighted by Gasteiger charge is -2.23. The highest BCUT2D eigenvalue weighted by Gasteiger charge is 2.35. The summed E-state index contributed by atoms with van der Waals surface area (Å²) in [6, 6.07) is 5.24. The van der Waals surface area contributed by atoms with Gasteiger partial charge in [0, 0.05) is 17.8 Å². The number of halogens is 1. The molecule has 0 radical (unpaired) electrons. The molecule has 3 atom stereocenters. The van der Waals surface area contributed by atoms with Crippen LogP contribution in [-0.4, -0.2) is 54.4 Å². The molecule has 0 bridgehead atoms. The third kappa shape index (κ3) is 5.47. The van der Waals surface area contributed by atoms with Crippen molar-refractivity contribution in [1.29, 1.82) is 0 Å². The lowest BCUT2D eigenvalue weighted by atomic mass is 9.97. The van der Waals surface area contributed by atoms with Crippen molar-refractivity contribution in [3.05, 3.63) is 35.0 Å². The van der Waals surface area contributed by atoms with Crippen LogP contribution in [0.2, 0.25) is 5.02 Å². The van der Waals surface area contributed by atoms with E-state index < -0.39 is 29.9 Å². The van der Waals surface area contributed by atoms with Crippen LogP contribution < -0.4 is 16.0 Å². The van der Waals surface area contributed by atoms with Crippen molar-refractivity contribution >= 4 is 46.2 Å². The molecule has 2 aromatic rings. The summed E-state index contributed by atoms with van der Waals surface area (Å²) in [5.74, 6) is -1.70. The van der Waals surface area contributed by atoms with Crippen LogP contribution in [-0.2, 0) is 19.1 Å². The fourth-order valence-electron chi connectivity index (χ4n) is 4.18. The maximum Gasteiger partial charge on any atom is 0.328 e. The predicted octanol–water partition coefficient (Wildman–Crippen LogP) is 1.90. The number of aromatic amines is 1. The van der Waals surface area contributed by atoms with Gasteiger partial charge in [-0.2, -0.15) is 0 Å². The zero-order chi connectivity index (χ0) is 23.5. The Bertz CT molecular complexity index is 1080. The second-order valence-electron chi connectivity index (χ2n) is 8.69. The van der Waals surface area contributed by atoms with Crippen molar-refractivity contribution in [2.75, 3.05) is 13.7 Å². The molecule has 0 spiro atoms. The van der Waals surface area contributed by atoms with Crippen LogP contribution >= 0.6 is 11.6 Å². The lowest BCUT2D eigenvalue weighted by Crippen LogP contribution is -2.52. The molecule has 1 aliphatic heterocycles. The number of aromatic nitrogens is 1. The molecule has 4 rings (SSSR count). The van der Waals surface area contributed by atoms with Gasteiger partial charge in [-0.3, -0.25) is 14.4 Å². The maximum atomic E-state index is 13.1. The molecule has 1 saturated heterocycles. The number of rotatable bonds is 9. The number of methoxy groups -OCH3 is 1. The summed E-state index contributed by atoms with van der Waals surface area (Å²) in [6.07, 6.45) is 3.19. The Morgan fingerprint density at radius 3 is 2.58 bits per heavy atom. The van der Waals surface area contributed by atoms with Crippen molar-refractivity contribution in [2.45, 2.75) is 44.2 Å². The second-order valence-corrected chi connectivity index (χ2v) is 9.10. The number of carbonyl (C=O) groups excluding carboxylic acids is 4. The van der Waals surface area contributed by atoms with E-state index >= 15 is 0 Å². The van der Waals surface area contributed by atoms with Crippen LogP contribution in [0, 0.1) is 11.8 Å². The Morgan fingerprint density at radius 2 is 1.94 bits per heavy atom. The van der Waals surface area contributed by atoms with Crippen LogP contribution in [0.1, 0.15) is 42.6 Å². The zero-order valence-electron chi connectivity index (χ0n) is 18.3. The van der Waals surface area contributed by atoms with Crippen molar-refractivity contribution in [2.24, 2.45) is 11.8 Å². The van der Waals surface area contributed by atoms with Gasteiger partial charge in [-0.1, -0.05) is 36.6 Å². The van der Waals surface area contributed by atoms with E-state index in [1.54, 1.807) is 18.2 Å². The third-order valence-corrected chi connectivity index (χ3v) is 6.54.